The first-order chi connectivity index (χ1) is 9.19. The number of aliphatic hydroxyl groups is 1. The molecule has 0 aliphatic rings. The number of hydrogen-bond donors (Lipinski definition) is 1. The van der Waals surface area contributed by atoms with Crippen LogP contribution in [0.25, 0.3) is 0 Å². The van der Waals surface area contributed by atoms with Crippen molar-refractivity contribution >= 4 is 23.1 Å². The first kappa shape index (κ1) is 14.2. The third kappa shape index (κ3) is 4.14. The van der Waals surface area contributed by atoms with Gasteiger partial charge in [-0.05, 0) is 37.6 Å². The van der Waals surface area contributed by atoms with E-state index in [1.54, 1.807) is 11.3 Å². The van der Waals surface area contributed by atoms with Crippen LogP contribution in [0.5, 0.6) is 0 Å². The van der Waals surface area contributed by atoms with Crippen LogP contribution in [0.2, 0.25) is 0 Å². The summed E-state index contributed by atoms with van der Waals surface area (Å²) in [6.07, 6.45) is 0. The van der Waals surface area contributed by atoms with Crippen molar-refractivity contribution in [1.29, 1.82) is 0 Å². The highest BCUT2D eigenvalue weighted by atomic mass is 32.2. The van der Waals surface area contributed by atoms with Gasteiger partial charge in [-0.15, -0.1) is 23.1 Å². The van der Waals surface area contributed by atoms with E-state index in [-0.39, 0.29) is 6.61 Å². The van der Waals surface area contributed by atoms with Gasteiger partial charge >= 0.3 is 0 Å². The lowest BCUT2D eigenvalue weighted by molar-refractivity contribution is 0.350. The molecule has 0 amide bonds. The van der Waals surface area contributed by atoms with Gasteiger partial charge in [0, 0.05) is 15.5 Å². The molecule has 1 nitrogen and oxygen atoms in total. The molecule has 0 unspecified atom stereocenters. The highest BCUT2D eigenvalue weighted by Gasteiger charge is 2.03. The van der Waals surface area contributed by atoms with Crippen LogP contribution in [0, 0.1) is 25.7 Å². The first-order valence-corrected chi connectivity index (χ1v) is 7.88. The molecule has 0 aliphatic heterocycles. The normalized spacial score (nSPS) is 10.1. The largest absolute Gasteiger partial charge is 0.384 e. The average molecular weight is 288 g/mol. The molecule has 1 heterocycles. The van der Waals surface area contributed by atoms with Crippen LogP contribution >= 0.6 is 23.1 Å². The SMILES string of the molecule is Cc1ccc(C)c(SCc2ccc(C#CCO)s2)c1. The van der Waals surface area contributed by atoms with Crippen molar-refractivity contribution in [2.45, 2.75) is 24.5 Å². The Kier molecular flexibility index (Phi) is 5.09. The van der Waals surface area contributed by atoms with Crippen LogP contribution in [0.1, 0.15) is 20.9 Å². The topological polar surface area (TPSA) is 20.2 Å². The van der Waals surface area contributed by atoms with Gasteiger partial charge in [-0.25, -0.2) is 0 Å². The minimum Gasteiger partial charge on any atom is -0.384 e. The quantitative estimate of drug-likeness (QED) is 0.680. The first-order valence-electron chi connectivity index (χ1n) is 6.07. The average Bonchev–Trinajstić information content (AvgIpc) is 2.85. The number of aliphatic hydroxyl groups excluding tert-OH is 1. The Morgan fingerprint density at radius 2 is 2.05 bits per heavy atom. The number of thioether (sulfide) groups is 1. The zero-order chi connectivity index (χ0) is 13.7. The zero-order valence-corrected chi connectivity index (χ0v) is 12.7. The molecule has 3 heteroatoms. The molecule has 0 atom stereocenters. The summed E-state index contributed by atoms with van der Waals surface area (Å²) in [5.74, 6) is 6.59. The predicted octanol–water partition coefficient (Wildman–Crippen LogP) is 4.00. The van der Waals surface area contributed by atoms with Crippen LogP contribution in [0.3, 0.4) is 0 Å². The molecule has 2 rings (SSSR count). The molecule has 0 spiro atoms. The molecular weight excluding hydrogens is 272 g/mol. The van der Waals surface area contributed by atoms with Crippen molar-refractivity contribution in [2.24, 2.45) is 0 Å². The van der Waals surface area contributed by atoms with Gasteiger partial charge < -0.3 is 5.11 Å². The van der Waals surface area contributed by atoms with Gasteiger partial charge in [0.25, 0.3) is 0 Å². The van der Waals surface area contributed by atoms with Crippen molar-refractivity contribution < 1.29 is 5.11 Å². The molecule has 0 bridgehead atoms. The molecule has 19 heavy (non-hydrogen) atoms. The summed E-state index contributed by atoms with van der Waals surface area (Å²) >= 11 is 3.56. The van der Waals surface area contributed by atoms with Crippen molar-refractivity contribution in [2.75, 3.05) is 6.61 Å². The fourth-order valence-electron chi connectivity index (χ4n) is 1.66. The van der Waals surface area contributed by atoms with Gasteiger partial charge in [-0.1, -0.05) is 29.5 Å². The van der Waals surface area contributed by atoms with Gasteiger partial charge in [-0.3, -0.25) is 0 Å². The molecule has 0 saturated carbocycles. The maximum absolute atomic E-state index is 8.67. The molecule has 98 valence electrons. The molecule has 1 aromatic carbocycles. The third-order valence-corrected chi connectivity index (χ3v) is 5.06. The third-order valence-electron chi connectivity index (χ3n) is 2.67. The van der Waals surface area contributed by atoms with E-state index in [0.29, 0.717) is 0 Å². The maximum Gasteiger partial charge on any atom is 0.104 e. The number of aryl methyl sites for hydroxylation is 2. The van der Waals surface area contributed by atoms with E-state index in [4.69, 9.17) is 5.11 Å². The second kappa shape index (κ2) is 6.81. The summed E-state index contributed by atoms with van der Waals surface area (Å²) in [5, 5.41) is 8.67. The Morgan fingerprint density at radius 3 is 2.84 bits per heavy atom. The Hall–Kier alpha value is -1.21. The minimum atomic E-state index is -0.0789. The minimum absolute atomic E-state index is 0.0789. The molecule has 1 N–H and O–H groups in total. The van der Waals surface area contributed by atoms with Gasteiger partial charge in [0.05, 0.1) is 4.88 Å². The van der Waals surface area contributed by atoms with Crippen molar-refractivity contribution in [3.63, 3.8) is 0 Å². The van der Waals surface area contributed by atoms with E-state index in [1.807, 2.05) is 17.8 Å². The fourth-order valence-corrected chi connectivity index (χ4v) is 3.71. The summed E-state index contributed by atoms with van der Waals surface area (Å²) < 4.78 is 0. The number of rotatable bonds is 3. The lowest BCUT2D eigenvalue weighted by Crippen LogP contribution is -1.82. The fraction of sp³-hybridized carbons (Fsp3) is 0.250. The molecule has 0 aliphatic carbocycles. The van der Waals surface area contributed by atoms with Gasteiger partial charge in [0.15, 0.2) is 0 Å². The van der Waals surface area contributed by atoms with Crippen molar-refractivity contribution in [1.82, 2.24) is 0 Å². The van der Waals surface area contributed by atoms with Crippen LogP contribution in [-0.4, -0.2) is 11.7 Å². The van der Waals surface area contributed by atoms with Crippen LogP contribution < -0.4 is 0 Å². The molecular formula is C16H16OS2. The lowest BCUT2D eigenvalue weighted by atomic mass is 10.2. The van der Waals surface area contributed by atoms with Gasteiger partial charge in [0.1, 0.15) is 6.61 Å². The lowest BCUT2D eigenvalue weighted by Gasteiger charge is -2.05. The number of hydrogen-bond acceptors (Lipinski definition) is 3. The van der Waals surface area contributed by atoms with E-state index >= 15 is 0 Å². The van der Waals surface area contributed by atoms with E-state index in [0.717, 1.165) is 10.6 Å². The van der Waals surface area contributed by atoms with E-state index in [9.17, 15) is 0 Å². The van der Waals surface area contributed by atoms with Crippen LogP contribution in [0.4, 0.5) is 0 Å². The second-order valence-electron chi connectivity index (χ2n) is 4.28. The van der Waals surface area contributed by atoms with E-state index in [2.05, 4.69) is 50.0 Å². The Bertz CT molecular complexity index is 617. The maximum atomic E-state index is 8.67. The van der Waals surface area contributed by atoms with E-state index in [1.165, 1.54) is 20.9 Å². The molecule has 0 radical (unpaired) electrons. The highest BCUT2D eigenvalue weighted by Crippen LogP contribution is 2.29. The summed E-state index contributed by atoms with van der Waals surface area (Å²) in [6.45, 7) is 4.19. The van der Waals surface area contributed by atoms with Gasteiger partial charge in [-0.2, -0.15) is 0 Å². The molecule has 0 fully saturated rings. The molecule has 2 aromatic rings. The number of benzene rings is 1. The Morgan fingerprint density at radius 1 is 1.21 bits per heavy atom. The number of thiophene rings is 1. The zero-order valence-electron chi connectivity index (χ0n) is 11.1. The summed E-state index contributed by atoms with van der Waals surface area (Å²) in [6, 6.07) is 10.7. The Balaban J connectivity index is 2.02. The smallest absolute Gasteiger partial charge is 0.104 e. The van der Waals surface area contributed by atoms with E-state index < -0.39 is 0 Å². The molecule has 0 saturated heterocycles. The van der Waals surface area contributed by atoms with Crippen molar-refractivity contribution in [3.8, 4) is 11.8 Å². The van der Waals surface area contributed by atoms with Crippen LogP contribution in [0.15, 0.2) is 35.2 Å². The monoisotopic (exact) mass is 288 g/mol. The van der Waals surface area contributed by atoms with Crippen molar-refractivity contribution in [3.05, 3.63) is 51.2 Å². The predicted molar refractivity (Wildman–Crippen MR) is 83.8 cm³/mol. The Labute approximate surface area is 122 Å². The molecule has 1 aromatic heterocycles. The van der Waals surface area contributed by atoms with Crippen LogP contribution in [-0.2, 0) is 5.75 Å². The standard InChI is InChI=1S/C16H16OS2/c1-12-5-6-13(2)16(10-12)18-11-15-8-7-14(19-15)4-3-9-17/h5-8,10,17H,9,11H2,1-2H3. The van der Waals surface area contributed by atoms with Gasteiger partial charge in [0.2, 0.25) is 0 Å². The highest BCUT2D eigenvalue weighted by molar-refractivity contribution is 7.98. The summed E-state index contributed by atoms with van der Waals surface area (Å²) in [7, 11) is 0. The summed E-state index contributed by atoms with van der Waals surface area (Å²) in [4.78, 5) is 3.68. The summed E-state index contributed by atoms with van der Waals surface area (Å²) in [5.41, 5.74) is 2.63. The second-order valence-corrected chi connectivity index (χ2v) is 6.47.